The summed E-state index contributed by atoms with van der Waals surface area (Å²) < 4.78 is 5.36. The summed E-state index contributed by atoms with van der Waals surface area (Å²) in [5, 5.41) is 6.42. The van der Waals surface area contributed by atoms with Gasteiger partial charge in [0.2, 0.25) is 5.91 Å². The van der Waals surface area contributed by atoms with E-state index in [1.54, 1.807) is 7.05 Å². The van der Waals surface area contributed by atoms with Crippen molar-refractivity contribution in [2.75, 3.05) is 64.4 Å². The number of carbonyl (C=O) groups excluding carboxylic acids is 1. The van der Waals surface area contributed by atoms with Crippen LogP contribution in [0, 0.1) is 0 Å². The number of ether oxygens (including phenoxy) is 1. The number of aliphatic imine (C=N–C) groups is 1. The lowest BCUT2D eigenvalue weighted by molar-refractivity contribution is -0.117. The lowest BCUT2D eigenvalue weighted by Gasteiger charge is -2.30. The molecule has 1 aromatic carbocycles. The van der Waals surface area contributed by atoms with Crippen LogP contribution in [0.5, 0.6) is 0 Å². The minimum atomic E-state index is 0. The molecule has 0 unspecified atom stereocenters. The Balaban J connectivity index is 0.00000261. The third-order valence-corrected chi connectivity index (χ3v) is 4.87. The van der Waals surface area contributed by atoms with E-state index in [4.69, 9.17) is 4.74 Å². The van der Waals surface area contributed by atoms with Crippen LogP contribution in [-0.4, -0.2) is 76.3 Å². The maximum atomic E-state index is 12.7. The van der Waals surface area contributed by atoms with Crippen molar-refractivity contribution in [2.24, 2.45) is 4.99 Å². The van der Waals surface area contributed by atoms with Crippen molar-refractivity contribution in [1.29, 1.82) is 0 Å². The topological polar surface area (TPSA) is 69.2 Å². The van der Waals surface area contributed by atoms with Crippen molar-refractivity contribution in [2.45, 2.75) is 12.8 Å². The molecule has 2 heterocycles. The first-order valence-electron chi connectivity index (χ1n) is 9.41. The largest absolute Gasteiger partial charge is 0.379 e. The van der Waals surface area contributed by atoms with Crippen LogP contribution in [0.3, 0.4) is 0 Å². The first-order chi connectivity index (χ1) is 12.8. The number of aryl methyl sites for hydroxylation is 1. The molecule has 1 amide bonds. The van der Waals surface area contributed by atoms with Crippen molar-refractivity contribution in [1.82, 2.24) is 15.5 Å². The molecule has 3 rings (SSSR count). The summed E-state index contributed by atoms with van der Waals surface area (Å²) >= 11 is 0. The molecule has 1 saturated heterocycles. The number of amides is 1. The van der Waals surface area contributed by atoms with Gasteiger partial charge in [-0.05, 0) is 24.5 Å². The number of nitrogens with zero attached hydrogens (tertiary/aromatic N) is 3. The monoisotopic (exact) mass is 487 g/mol. The summed E-state index contributed by atoms with van der Waals surface area (Å²) in [6.07, 6.45) is 2.05. The van der Waals surface area contributed by atoms with Gasteiger partial charge in [0.1, 0.15) is 0 Å². The first-order valence-corrected chi connectivity index (χ1v) is 9.41. The van der Waals surface area contributed by atoms with Crippen LogP contribution in [-0.2, 0) is 16.0 Å². The van der Waals surface area contributed by atoms with Crippen molar-refractivity contribution in [3.05, 3.63) is 29.8 Å². The molecule has 8 heteroatoms. The SMILES string of the molecule is CN=C(NCCN1CCOCC1)NCC(=O)N1CCCc2ccccc21.I. The number of hydrogen-bond acceptors (Lipinski definition) is 4. The molecule has 0 spiro atoms. The van der Waals surface area contributed by atoms with Crippen molar-refractivity contribution < 1.29 is 9.53 Å². The van der Waals surface area contributed by atoms with Crippen molar-refractivity contribution in [3.63, 3.8) is 0 Å². The molecule has 27 heavy (non-hydrogen) atoms. The van der Waals surface area contributed by atoms with Gasteiger partial charge in [-0.3, -0.25) is 14.7 Å². The van der Waals surface area contributed by atoms with Crippen molar-refractivity contribution in [3.8, 4) is 0 Å². The fraction of sp³-hybridized carbons (Fsp3) is 0.579. The highest BCUT2D eigenvalue weighted by Crippen LogP contribution is 2.26. The van der Waals surface area contributed by atoms with Gasteiger partial charge in [-0.25, -0.2) is 0 Å². The van der Waals surface area contributed by atoms with Crippen LogP contribution < -0.4 is 15.5 Å². The summed E-state index contributed by atoms with van der Waals surface area (Å²) in [4.78, 5) is 21.1. The van der Waals surface area contributed by atoms with Gasteiger partial charge in [0.15, 0.2) is 5.96 Å². The predicted octanol–water partition coefficient (Wildman–Crippen LogP) is 1.08. The van der Waals surface area contributed by atoms with Crippen LogP contribution in [0.4, 0.5) is 5.69 Å². The first kappa shape index (κ1) is 21.9. The molecule has 2 aliphatic heterocycles. The number of benzene rings is 1. The van der Waals surface area contributed by atoms with Gasteiger partial charge in [0.25, 0.3) is 0 Å². The number of fused-ring (bicyclic) bond motifs is 1. The molecule has 0 atom stereocenters. The molecule has 150 valence electrons. The highest BCUT2D eigenvalue weighted by molar-refractivity contribution is 14.0. The van der Waals surface area contributed by atoms with Crippen LogP contribution in [0.1, 0.15) is 12.0 Å². The number of morpholine rings is 1. The standard InChI is InChI=1S/C19H29N5O2.HI/c1-20-19(21-8-10-23-11-13-26-14-12-23)22-15-18(25)24-9-4-6-16-5-2-3-7-17(16)24;/h2-3,5,7H,4,6,8-15H2,1H3,(H2,20,21,22);1H. The second-order valence-electron chi connectivity index (χ2n) is 6.58. The van der Waals surface area contributed by atoms with Gasteiger partial charge in [0, 0.05) is 45.5 Å². The van der Waals surface area contributed by atoms with Gasteiger partial charge < -0.3 is 20.3 Å². The third kappa shape index (κ3) is 6.32. The smallest absolute Gasteiger partial charge is 0.246 e. The molecule has 1 fully saturated rings. The minimum absolute atomic E-state index is 0. The van der Waals surface area contributed by atoms with E-state index in [0.29, 0.717) is 5.96 Å². The zero-order valence-electron chi connectivity index (χ0n) is 15.9. The van der Waals surface area contributed by atoms with E-state index in [9.17, 15) is 4.79 Å². The number of halogens is 1. The Hall–Kier alpha value is -1.39. The Morgan fingerprint density at radius 2 is 1.96 bits per heavy atom. The average molecular weight is 487 g/mol. The number of anilines is 1. The number of nitrogens with one attached hydrogen (secondary N) is 2. The number of rotatable bonds is 5. The number of guanidine groups is 1. The maximum absolute atomic E-state index is 12.7. The van der Waals surface area contributed by atoms with Gasteiger partial charge in [-0.2, -0.15) is 0 Å². The molecule has 2 aliphatic rings. The highest BCUT2D eigenvalue weighted by atomic mass is 127. The fourth-order valence-electron chi connectivity index (χ4n) is 3.43. The second kappa shape index (κ2) is 11.5. The molecule has 7 nitrogen and oxygen atoms in total. The van der Waals surface area contributed by atoms with E-state index in [0.717, 1.165) is 64.5 Å². The Labute approximate surface area is 178 Å². The van der Waals surface area contributed by atoms with E-state index in [2.05, 4.69) is 26.6 Å². The molecule has 2 N–H and O–H groups in total. The molecule has 0 aromatic heterocycles. The quantitative estimate of drug-likeness (QED) is 0.370. The van der Waals surface area contributed by atoms with Crippen LogP contribution in [0.2, 0.25) is 0 Å². The molecule has 0 radical (unpaired) electrons. The highest BCUT2D eigenvalue weighted by Gasteiger charge is 2.22. The number of para-hydroxylation sites is 1. The Kier molecular flexibility index (Phi) is 9.29. The van der Waals surface area contributed by atoms with Crippen LogP contribution in [0.15, 0.2) is 29.3 Å². The van der Waals surface area contributed by atoms with Gasteiger partial charge in [-0.1, -0.05) is 18.2 Å². The lowest BCUT2D eigenvalue weighted by Crippen LogP contribution is -2.48. The Morgan fingerprint density at radius 1 is 1.19 bits per heavy atom. The molecule has 0 bridgehead atoms. The molecular weight excluding hydrogens is 457 g/mol. The van der Waals surface area contributed by atoms with E-state index in [-0.39, 0.29) is 36.4 Å². The summed E-state index contributed by atoms with van der Waals surface area (Å²) in [7, 11) is 1.73. The molecule has 1 aromatic rings. The summed E-state index contributed by atoms with van der Waals surface area (Å²) in [6.45, 7) is 6.31. The summed E-state index contributed by atoms with van der Waals surface area (Å²) in [5.41, 5.74) is 2.29. The summed E-state index contributed by atoms with van der Waals surface area (Å²) in [5.74, 6) is 0.741. The van der Waals surface area contributed by atoms with Crippen LogP contribution >= 0.6 is 24.0 Å². The lowest BCUT2D eigenvalue weighted by atomic mass is 10.0. The predicted molar refractivity (Wildman–Crippen MR) is 119 cm³/mol. The van der Waals surface area contributed by atoms with Crippen molar-refractivity contribution >= 4 is 41.5 Å². The Morgan fingerprint density at radius 3 is 2.74 bits per heavy atom. The van der Waals surface area contributed by atoms with E-state index >= 15 is 0 Å². The van der Waals surface area contributed by atoms with E-state index in [1.807, 2.05) is 23.1 Å². The fourth-order valence-corrected chi connectivity index (χ4v) is 3.43. The van der Waals surface area contributed by atoms with Gasteiger partial charge in [0.05, 0.1) is 19.8 Å². The minimum Gasteiger partial charge on any atom is -0.379 e. The van der Waals surface area contributed by atoms with E-state index < -0.39 is 0 Å². The third-order valence-electron chi connectivity index (χ3n) is 4.87. The maximum Gasteiger partial charge on any atom is 0.246 e. The Bertz CT molecular complexity index is 634. The summed E-state index contributed by atoms with van der Waals surface area (Å²) in [6, 6.07) is 8.16. The molecule has 0 aliphatic carbocycles. The van der Waals surface area contributed by atoms with E-state index in [1.165, 1.54) is 5.56 Å². The normalized spacial score (nSPS) is 17.7. The number of carbonyl (C=O) groups is 1. The van der Waals surface area contributed by atoms with Gasteiger partial charge in [-0.15, -0.1) is 24.0 Å². The second-order valence-corrected chi connectivity index (χ2v) is 6.58. The zero-order valence-corrected chi connectivity index (χ0v) is 18.3. The number of hydrogen-bond donors (Lipinski definition) is 2. The van der Waals surface area contributed by atoms with Crippen LogP contribution in [0.25, 0.3) is 0 Å². The van der Waals surface area contributed by atoms with Gasteiger partial charge >= 0.3 is 0 Å². The average Bonchev–Trinajstić information content (AvgIpc) is 2.70. The zero-order chi connectivity index (χ0) is 18.2. The molecule has 0 saturated carbocycles. The molecular formula is C19H30IN5O2.